The van der Waals surface area contributed by atoms with Crippen molar-refractivity contribution in [3.63, 3.8) is 0 Å². The molecule has 8 nitrogen and oxygen atoms in total. The van der Waals surface area contributed by atoms with E-state index < -0.39 is 24.0 Å². The lowest BCUT2D eigenvalue weighted by atomic mass is 10.2. The molecule has 140 valence electrons. The third kappa shape index (κ3) is 4.75. The lowest BCUT2D eigenvalue weighted by molar-refractivity contribution is -0.159. The molecule has 1 N–H and O–H groups in total. The van der Waals surface area contributed by atoms with Crippen LogP contribution in [0.2, 0.25) is 0 Å². The van der Waals surface area contributed by atoms with E-state index in [0.29, 0.717) is 18.0 Å². The molecule has 0 aliphatic carbocycles. The second kappa shape index (κ2) is 8.89. The number of hydrogen-bond donors (Lipinski definition) is 1. The minimum absolute atomic E-state index is 0.256. The molecule has 0 aromatic heterocycles. The maximum Gasteiger partial charge on any atom is 0.344 e. The smallest absolute Gasteiger partial charge is 0.344 e. The number of rotatable bonds is 7. The number of esters is 1. The summed E-state index contributed by atoms with van der Waals surface area (Å²) in [6, 6.07) is 4.80. The topological polar surface area (TPSA) is 94.2 Å². The first-order chi connectivity index (χ1) is 12.5. The fraction of sp³-hybridized carbons (Fsp3) is 0.389. The van der Waals surface area contributed by atoms with Gasteiger partial charge in [-0.1, -0.05) is 18.2 Å². The molecule has 1 aromatic rings. The van der Waals surface area contributed by atoms with Crippen LogP contribution in [-0.2, 0) is 14.3 Å². The molecule has 8 heteroatoms. The van der Waals surface area contributed by atoms with E-state index in [9.17, 15) is 14.4 Å². The number of ether oxygens (including phenoxy) is 3. The summed E-state index contributed by atoms with van der Waals surface area (Å²) < 4.78 is 15.7. The number of hydrogen-bond acceptors (Lipinski definition) is 6. The molecule has 26 heavy (non-hydrogen) atoms. The number of nitrogens with zero attached hydrogens (tertiary/aromatic N) is 1. The quantitative estimate of drug-likeness (QED) is 0.741. The van der Waals surface area contributed by atoms with Gasteiger partial charge in [-0.15, -0.1) is 0 Å². The van der Waals surface area contributed by atoms with Crippen LogP contribution in [0, 0.1) is 0 Å². The van der Waals surface area contributed by atoms with Crippen LogP contribution in [0.4, 0.5) is 4.79 Å². The zero-order chi connectivity index (χ0) is 19.1. The van der Waals surface area contributed by atoms with Crippen LogP contribution < -0.4 is 14.8 Å². The van der Waals surface area contributed by atoms with Crippen molar-refractivity contribution < 1.29 is 28.6 Å². The highest BCUT2D eigenvalue weighted by Crippen LogP contribution is 2.28. The number of amides is 3. The van der Waals surface area contributed by atoms with E-state index in [4.69, 9.17) is 14.2 Å². The van der Waals surface area contributed by atoms with Crippen molar-refractivity contribution in [3.05, 3.63) is 29.8 Å². The molecule has 1 heterocycles. The van der Waals surface area contributed by atoms with E-state index >= 15 is 0 Å². The van der Waals surface area contributed by atoms with Gasteiger partial charge >= 0.3 is 12.0 Å². The summed E-state index contributed by atoms with van der Waals surface area (Å²) in [6.07, 6.45) is 2.72. The third-order valence-corrected chi connectivity index (χ3v) is 3.67. The molecule has 1 saturated heterocycles. The van der Waals surface area contributed by atoms with Crippen molar-refractivity contribution in [1.82, 2.24) is 10.2 Å². The van der Waals surface area contributed by atoms with Gasteiger partial charge in [0.1, 0.15) is 0 Å². The molecule has 1 aliphatic heterocycles. The summed E-state index contributed by atoms with van der Waals surface area (Å²) >= 11 is 0. The van der Waals surface area contributed by atoms with Gasteiger partial charge in [0.25, 0.3) is 5.91 Å². The van der Waals surface area contributed by atoms with E-state index in [1.165, 1.54) is 14.0 Å². The van der Waals surface area contributed by atoms with Crippen LogP contribution in [-0.4, -0.2) is 55.7 Å². The Bertz CT molecular complexity index is 716. The molecule has 0 bridgehead atoms. The first-order valence-corrected chi connectivity index (χ1v) is 8.18. The van der Waals surface area contributed by atoms with Crippen LogP contribution in [0.15, 0.2) is 24.3 Å². The van der Waals surface area contributed by atoms with Gasteiger partial charge in [-0.2, -0.15) is 0 Å². The molecule has 0 saturated carbocycles. The van der Waals surface area contributed by atoms with Crippen molar-refractivity contribution in [2.24, 2.45) is 0 Å². The van der Waals surface area contributed by atoms with E-state index in [1.807, 2.05) is 25.1 Å². The van der Waals surface area contributed by atoms with Gasteiger partial charge in [-0.05, 0) is 31.5 Å². The Hall–Kier alpha value is -3.03. The number of imide groups is 1. The monoisotopic (exact) mass is 362 g/mol. The normalized spacial score (nSPS) is 14.9. The van der Waals surface area contributed by atoms with Crippen molar-refractivity contribution in [2.75, 3.05) is 26.8 Å². The van der Waals surface area contributed by atoms with E-state index in [-0.39, 0.29) is 13.2 Å². The SMILES string of the molecule is C/C=C/c1ccc(OCC(=O)O[C@@H](C)C(=O)N2CCNC2=O)c(OC)c1. The zero-order valence-corrected chi connectivity index (χ0v) is 15.0. The summed E-state index contributed by atoms with van der Waals surface area (Å²) in [5.74, 6) is -0.423. The molecule has 1 atom stereocenters. The van der Waals surface area contributed by atoms with Crippen LogP contribution in [0.25, 0.3) is 6.08 Å². The average Bonchev–Trinajstić information content (AvgIpc) is 3.05. The van der Waals surface area contributed by atoms with Crippen LogP contribution in [0.3, 0.4) is 0 Å². The van der Waals surface area contributed by atoms with Crippen molar-refractivity contribution in [1.29, 1.82) is 0 Å². The first-order valence-electron chi connectivity index (χ1n) is 8.18. The second-order valence-corrected chi connectivity index (χ2v) is 5.55. The summed E-state index contributed by atoms with van der Waals surface area (Å²) in [4.78, 5) is 36.5. The van der Waals surface area contributed by atoms with Crippen molar-refractivity contribution >= 4 is 24.0 Å². The van der Waals surface area contributed by atoms with Crippen LogP contribution in [0.5, 0.6) is 11.5 Å². The molecule has 0 spiro atoms. The lowest BCUT2D eigenvalue weighted by Crippen LogP contribution is -2.42. The fourth-order valence-corrected chi connectivity index (χ4v) is 2.42. The summed E-state index contributed by atoms with van der Waals surface area (Å²) in [7, 11) is 1.50. The second-order valence-electron chi connectivity index (χ2n) is 5.55. The molecule has 3 amide bonds. The number of urea groups is 1. The molecule has 0 radical (unpaired) electrons. The third-order valence-electron chi connectivity index (χ3n) is 3.67. The number of methoxy groups -OCH3 is 1. The van der Waals surface area contributed by atoms with E-state index in [2.05, 4.69) is 5.32 Å². The number of benzene rings is 1. The Balaban J connectivity index is 1.90. The fourth-order valence-electron chi connectivity index (χ4n) is 2.42. The Morgan fingerprint density at radius 2 is 2.12 bits per heavy atom. The predicted octanol–water partition coefficient (Wildman–Crippen LogP) is 1.59. The number of carbonyl (C=O) groups excluding carboxylic acids is 3. The summed E-state index contributed by atoms with van der Waals surface area (Å²) in [5.41, 5.74) is 0.933. The predicted molar refractivity (Wildman–Crippen MR) is 93.9 cm³/mol. The largest absolute Gasteiger partial charge is 0.493 e. The van der Waals surface area contributed by atoms with Gasteiger partial charge in [-0.3, -0.25) is 9.69 Å². The zero-order valence-electron chi connectivity index (χ0n) is 15.0. The highest BCUT2D eigenvalue weighted by Gasteiger charge is 2.31. The molecule has 1 fully saturated rings. The molecule has 0 unspecified atom stereocenters. The van der Waals surface area contributed by atoms with Crippen molar-refractivity contribution in [2.45, 2.75) is 20.0 Å². The van der Waals surface area contributed by atoms with Gasteiger partial charge < -0.3 is 19.5 Å². The molecule has 1 aromatic carbocycles. The van der Waals surface area contributed by atoms with Crippen LogP contribution >= 0.6 is 0 Å². The van der Waals surface area contributed by atoms with E-state index in [1.54, 1.807) is 12.1 Å². The maximum absolute atomic E-state index is 12.1. The Morgan fingerprint density at radius 3 is 2.73 bits per heavy atom. The molecule has 2 rings (SSSR count). The lowest BCUT2D eigenvalue weighted by Gasteiger charge is -2.18. The minimum atomic E-state index is -1.08. The Kier molecular flexibility index (Phi) is 6.60. The number of nitrogens with one attached hydrogen (secondary N) is 1. The van der Waals surface area contributed by atoms with Crippen molar-refractivity contribution in [3.8, 4) is 11.5 Å². The van der Waals surface area contributed by atoms with Gasteiger partial charge in [0.2, 0.25) is 0 Å². The molecule has 1 aliphatic rings. The maximum atomic E-state index is 12.1. The number of allylic oxidation sites excluding steroid dienone is 1. The first kappa shape index (κ1) is 19.3. The summed E-state index contributed by atoms with van der Waals surface area (Å²) in [5, 5.41) is 2.51. The molecular weight excluding hydrogens is 340 g/mol. The summed E-state index contributed by atoms with van der Waals surface area (Å²) in [6.45, 7) is 3.58. The van der Waals surface area contributed by atoms with Gasteiger partial charge in [0, 0.05) is 13.1 Å². The Labute approximate surface area is 151 Å². The highest BCUT2D eigenvalue weighted by molar-refractivity contribution is 5.98. The average molecular weight is 362 g/mol. The van der Waals surface area contributed by atoms with Crippen LogP contribution in [0.1, 0.15) is 19.4 Å². The van der Waals surface area contributed by atoms with E-state index in [0.717, 1.165) is 10.5 Å². The number of carbonyl (C=O) groups is 3. The van der Waals surface area contributed by atoms with Gasteiger partial charge in [0.15, 0.2) is 24.2 Å². The Morgan fingerprint density at radius 1 is 1.35 bits per heavy atom. The minimum Gasteiger partial charge on any atom is -0.493 e. The standard InChI is InChI=1S/C18H22N2O6/c1-4-5-13-6-7-14(15(10-13)24-3)25-11-16(21)26-12(2)17(22)20-9-8-19-18(20)23/h4-7,10,12H,8-9,11H2,1-3H3,(H,19,23)/b5-4+/t12-/m0/s1. The van der Waals surface area contributed by atoms with Gasteiger partial charge in [-0.25, -0.2) is 9.59 Å². The molecular formula is C18H22N2O6. The highest BCUT2D eigenvalue weighted by atomic mass is 16.6. The van der Waals surface area contributed by atoms with Gasteiger partial charge in [0.05, 0.1) is 7.11 Å².